The van der Waals surface area contributed by atoms with E-state index in [0.717, 1.165) is 29.4 Å². The van der Waals surface area contributed by atoms with Crippen LogP contribution >= 0.6 is 11.3 Å². The molecule has 6 nitrogen and oxygen atoms in total. The first-order chi connectivity index (χ1) is 14.0. The molecule has 0 saturated heterocycles. The minimum atomic E-state index is -1.83. The second-order valence-electron chi connectivity index (χ2n) is 7.31. The number of nitrogens with zero attached hydrogens (tertiary/aromatic N) is 2. The van der Waals surface area contributed by atoms with Gasteiger partial charge in [0.15, 0.2) is 0 Å². The van der Waals surface area contributed by atoms with Crippen LogP contribution < -0.4 is 5.32 Å². The van der Waals surface area contributed by atoms with Gasteiger partial charge in [0.1, 0.15) is 16.5 Å². The third-order valence-electron chi connectivity index (χ3n) is 5.15. The fraction of sp³-hybridized carbons (Fsp3) is 0.409. The molecule has 2 aromatic heterocycles. The predicted octanol–water partition coefficient (Wildman–Crippen LogP) is 5.92. The molecule has 0 aliphatic heterocycles. The molecule has 1 fully saturated rings. The Morgan fingerprint density at radius 3 is 2.52 bits per heavy atom. The van der Waals surface area contributed by atoms with Crippen molar-refractivity contribution in [2.75, 3.05) is 11.9 Å². The van der Waals surface area contributed by atoms with Crippen molar-refractivity contribution in [3.63, 3.8) is 0 Å². The Morgan fingerprint density at radius 1 is 1.14 bits per heavy atom. The Bertz CT molecular complexity index is 933. The third kappa shape index (κ3) is 5.90. The van der Waals surface area contributed by atoms with Crippen LogP contribution in [0.15, 0.2) is 35.7 Å². The van der Waals surface area contributed by atoms with Gasteiger partial charge in [0.2, 0.25) is 0 Å². The monoisotopic (exact) mass is 413 g/mol. The average molecular weight is 414 g/mol. The van der Waals surface area contributed by atoms with E-state index in [2.05, 4.69) is 48.0 Å². The third-order valence-corrected chi connectivity index (χ3v) is 6.14. The number of fused-ring (bicyclic) bond motifs is 1. The molecular weight excluding hydrogens is 386 g/mol. The lowest BCUT2D eigenvalue weighted by Gasteiger charge is -2.21. The molecule has 1 aliphatic carbocycles. The molecule has 0 amide bonds. The second-order valence-corrected chi connectivity index (χ2v) is 8.17. The minimum absolute atomic E-state index is 0.537. The summed E-state index contributed by atoms with van der Waals surface area (Å²) in [5.74, 6) is 2.62. The highest BCUT2D eigenvalue weighted by Crippen LogP contribution is 2.35. The van der Waals surface area contributed by atoms with E-state index in [1.807, 2.05) is 0 Å². The summed E-state index contributed by atoms with van der Waals surface area (Å²) in [7, 11) is 0. The van der Waals surface area contributed by atoms with Crippen LogP contribution in [0.1, 0.15) is 55.0 Å². The van der Waals surface area contributed by atoms with E-state index < -0.39 is 6.16 Å². The maximum Gasteiger partial charge on any atom is 0.503 e. The molecule has 0 unspecified atom stereocenters. The van der Waals surface area contributed by atoms with Crippen LogP contribution in [0.3, 0.4) is 0 Å². The molecule has 1 saturated carbocycles. The highest BCUT2D eigenvalue weighted by atomic mass is 32.1. The van der Waals surface area contributed by atoms with Crippen molar-refractivity contribution in [2.24, 2.45) is 0 Å². The number of hydrogen-bond donors (Lipinski definition) is 3. The lowest BCUT2D eigenvalue weighted by atomic mass is 9.88. The molecule has 7 heteroatoms. The van der Waals surface area contributed by atoms with Gasteiger partial charge in [0.05, 0.1) is 5.39 Å². The Balaban J connectivity index is 0.000000552. The number of carboxylic acid groups (broad SMARTS) is 2. The van der Waals surface area contributed by atoms with Gasteiger partial charge in [-0.05, 0) is 42.7 Å². The number of thiophene rings is 1. The van der Waals surface area contributed by atoms with E-state index in [-0.39, 0.29) is 0 Å². The van der Waals surface area contributed by atoms with Crippen molar-refractivity contribution in [2.45, 2.75) is 51.4 Å². The molecule has 0 spiro atoms. The van der Waals surface area contributed by atoms with Gasteiger partial charge < -0.3 is 15.5 Å². The standard InChI is InChI=1S/C21H25N3S.CH2O3/c1-15-14-25-21-18(15)20(22-13-12-16-8-4-2-5-9-16)23-19(24-21)17-10-6-3-7-11-17;2-1(3)4/h2,4-5,8-9,14,17H,3,6-7,10-13H2,1H3,(H,22,23,24);(H2,2,3,4). The maximum atomic E-state index is 8.56. The zero-order valence-corrected chi connectivity index (χ0v) is 17.4. The molecule has 1 aromatic carbocycles. The van der Waals surface area contributed by atoms with Crippen molar-refractivity contribution in [1.29, 1.82) is 0 Å². The number of aromatic nitrogens is 2. The molecule has 154 valence electrons. The van der Waals surface area contributed by atoms with Gasteiger partial charge in [-0.1, -0.05) is 49.6 Å². The smallest absolute Gasteiger partial charge is 0.450 e. The number of anilines is 1. The number of rotatable bonds is 5. The Kier molecular flexibility index (Phi) is 7.41. The summed E-state index contributed by atoms with van der Waals surface area (Å²) in [5.41, 5.74) is 2.63. The maximum absolute atomic E-state index is 8.56. The first-order valence-corrected chi connectivity index (χ1v) is 10.9. The van der Waals surface area contributed by atoms with E-state index >= 15 is 0 Å². The summed E-state index contributed by atoms with van der Waals surface area (Å²) < 4.78 is 0. The van der Waals surface area contributed by atoms with Crippen LogP contribution in [0, 0.1) is 6.92 Å². The van der Waals surface area contributed by atoms with Crippen LogP contribution in [0.25, 0.3) is 10.2 Å². The molecule has 2 heterocycles. The lowest BCUT2D eigenvalue weighted by molar-refractivity contribution is 0.137. The van der Waals surface area contributed by atoms with Gasteiger partial charge in [0, 0.05) is 12.5 Å². The molecule has 0 radical (unpaired) electrons. The quantitative estimate of drug-likeness (QED) is 0.480. The zero-order valence-electron chi connectivity index (χ0n) is 16.6. The van der Waals surface area contributed by atoms with Crippen molar-refractivity contribution in [3.05, 3.63) is 52.7 Å². The van der Waals surface area contributed by atoms with Gasteiger partial charge in [-0.15, -0.1) is 11.3 Å². The Hall–Kier alpha value is -2.67. The Morgan fingerprint density at radius 2 is 1.83 bits per heavy atom. The predicted molar refractivity (Wildman–Crippen MR) is 117 cm³/mol. The second kappa shape index (κ2) is 10.2. The number of aryl methyl sites for hydroxylation is 1. The molecule has 29 heavy (non-hydrogen) atoms. The van der Waals surface area contributed by atoms with Gasteiger partial charge in [-0.2, -0.15) is 0 Å². The summed E-state index contributed by atoms with van der Waals surface area (Å²) in [4.78, 5) is 19.6. The highest BCUT2D eigenvalue weighted by Gasteiger charge is 2.21. The molecule has 1 aliphatic rings. The summed E-state index contributed by atoms with van der Waals surface area (Å²) in [6.07, 6.45) is 5.63. The highest BCUT2D eigenvalue weighted by molar-refractivity contribution is 7.17. The van der Waals surface area contributed by atoms with Gasteiger partial charge in [0.25, 0.3) is 0 Å². The van der Waals surface area contributed by atoms with Crippen LogP contribution in [-0.4, -0.2) is 32.9 Å². The fourth-order valence-electron chi connectivity index (χ4n) is 3.74. The van der Waals surface area contributed by atoms with Crippen LogP contribution in [0.2, 0.25) is 0 Å². The first-order valence-electron chi connectivity index (χ1n) is 10.00. The van der Waals surface area contributed by atoms with Crippen molar-refractivity contribution in [3.8, 4) is 0 Å². The summed E-state index contributed by atoms with van der Waals surface area (Å²) in [6.45, 7) is 3.06. The topological polar surface area (TPSA) is 95.3 Å². The van der Waals surface area contributed by atoms with Gasteiger partial charge in [-0.25, -0.2) is 14.8 Å². The summed E-state index contributed by atoms with van der Waals surface area (Å²) in [6, 6.07) is 10.6. The van der Waals surface area contributed by atoms with E-state index in [1.165, 1.54) is 48.6 Å². The van der Waals surface area contributed by atoms with E-state index in [4.69, 9.17) is 25.0 Å². The zero-order chi connectivity index (χ0) is 20.6. The van der Waals surface area contributed by atoms with Crippen LogP contribution in [-0.2, 0) is 6.42 Å². The number of hydrogen-bond acceptors (Lipinski definition) is 5. The largest absolute Gasteiger partial charge is 0.503 e. The minimum Gasteiger partial charge on any atom is -0.450 e. The van der Waals surface area contributed by atoms with Crippen LogP contribution in [0.4, 0.5) is 10.6 Å². The number of carbonyl (C=O) groups is 1. The van der Waals surface area contributed by atoms with Gasteiger partial charge >= 0.3 is 6.16 Å². The van der Waals surface area contributed by atoms with E-state index in [1.54, 1.807) is 11.3 Å². The SMILES string of the molecule is Cc1csc2nc(C3CCCCC3)nc(NCCc3ccccc3)c12.O=C(O)O. The summed E-state index contributed by atoms with van der Waals surface area (Å²) >= 11 is 1.74. The van der Waals surface area contributed by atoms with Crippen molar-refractivity contribution < 1.29 is 15.0 Å². The fourth-order valence-corrected chi connectivity index (χ4v) is 4.67. The molecule has 4 rings (SSSR count). The first kappa shape index (κ1) is 21.0. The summed E-state index contributed by atoms with van der Waals surface area (Å²) in [5, 5.41) is 20.9. The average Bonchev–Trinajstić information content (AvgIpc) is 3.10. The molecule has 3 N–H and O–H groups in total. The molecule has 0 atom stereocenters. The van der Waals surface area contributed by atoms with Gasteiger partial charge in [-0.3, -0.25) is 0 Å². The lowest BCUT2D eigenvalue weighted by Crippen LogP contribution is -2.12. The molecule has 3 aromatic rings. The van der Waals surface area contributed by atoms with E-state index in [0.29, 0.717) is 5.92 Å². The van der Waals surface area contributed by atoms with E-state index in [9.17, 15) is 0 Å². The Labute approximate surface area is 174 Å². The van der Waals surface area contributed by atoms with Crippen LogP contribution in [0.5, 0.6) is 0 Å². The molecular formula is C22H27N3O3S. The van der Waals surface area contributed by atoms with Crippen molar-refractivity contribution in [1.82, 2.24) is 9.97 Å². The normalized spacial score (nSPS) is 14.2. The molecule has 0 bridgehead atoms. The van der Waals surface area contributed by atoms with Crippen molar-refractivity contribution >= 4 is 33.5 Å². The number of benzene rings is 1. The number of nitrogens with one attached hydrogen (secondary N) is 1.